The lowest BCUT2D eigenvalue weighted by molar-refractivity contribution is 0.102. The molecule has 0 atom stereocenters. The van der Waals surface area contributed by atoms with E-state index in [9.17, 15) is 4.79 Å². The van der Waals surface area contributed by atoms with Gasteiger partial charge in [-0.2, -0.15) is 0 Å². The van der Waals surface area contributed by atoms with Crippen LogP contribution in [0.1, 0.15) is 28.7 Å². The second-order valence-corrected chi connectivity index (χ2v) is 7.52. The number of benzene rings is 3. The topological polar surface area (TPSA) is 65.4 Å². The van der Waals surface area contributed by atoms with Gasteiger partial charge in [0.1, 0.15) is 17.3 Å². The number of aromatic nitrogens is 2. The fourth-order valence-corrected chi connectivity index (χ4v) is 3.87. The molecule has 164 valence electrons. The Morgan fingerprint density at radius 3 is 2.41 bits per heavy atom. The minimum atomic E-state index is -0.216. The lowest BCUT2D eigenvalue weighted by Crippen LogP contribution is -2.12. The summed E-state index contributed by atoms with van der Waals surface area (Å²) in [6, 6.07) is 21.3. The van der Waals surface area contributed by atoms with E-state index in [4.69, 9.17) is 14.5 Å². The molecule has 1 amide bonds. The standard InChI is InChI=1S/C26H27N3O3/c1-4-29-24-11-6-5-10-23(24)28-25(29)13-12-18-8-7-9-20(14-18)27-26(30)19-15-21(31-2)17-22(16-19)32-3/h5-11,14-17H,4,12-13H2,1-3H3,(H,27,30). The molecule has 0 saturated carbocycles. The van der Waals surface area contributed by atoms with E-state index < -0.39 is 0 Å². The highest BCUT2D eigenvalue weighted by Gasteiger charge is 2.12. The van der Waals surface area contributed by atoms with Gasteiger partial charge in [0.25, 0.3) is 5.91 Å². The third kappa shape index (κ3) is 4.59. The first-order chi connectivity index (χ1) is 15.6. The molecule has 0 fully saturated rings. The van der Waals surface area contributed by atoms with Crippen LogP contribution in [0.3, 0.4) is 0 Å². The van der Waals surface area contributed by atoms with E-state index in [2.05, 4.69) is 35.0 Å². The van der Waals surface area contributed by atoms with Crippen molar-refractivity contribution >= 4 is 22.6 Å². The quantitative estimate of drug-likeness (QED) is 0.423. The average molecular weight is 430 g/mol. The van der Waals surface area contributed by atoms with Gasteiger partial charge in [0.15, 0.2) is 0 Å². The summed E-state index contributed by atoms with van der Waals surface area (Å²) < 4.78 is 12.8. The summed E-state index contributed by atoms with van der Waals surface area (Å²) in [7, 11) is 3.12. The molecule has 32 heavy (non-hydrogen) atoms. The number of nitrogens with zero attached hydrogens (tertiary/aromatic N) is 2. The van der Waals surface area contributed by atoms with E-state index in [0.717, 1.165) is 42.0 Å². The van der Waals surface area contributed by atoms with Gasteiger partial charge in [-0.25, -0.2) is 4.98 Å². The summed E-state index contributed by atoms with van der Waals surface area (Å²) >= 11 is 0. The van der Waals surface area contributed by atoms with Gasteiger partial charge in [0.05, 0.1) is 25.3 Å². The molecular formula is C26H27N3O3. The second kappa shape index (κ2) is 9.56. The normalized spacial score (nSPS) is 10.8. The lowest BCUT2D eigenvalue weighted by atomic mass is 10.1. The molecule has 0 aliphatic rings. The molecule has 0 unspecified atom stereocenters. The predicted molar refractivity (Wildman–Crippen MR) is 127 cm³/mol. The Hall–Kier alpha value is -3.80. The number of imidazole rings is 1. The maximum absolute atomic E-state index is 12.8. The van der Waals surface area contributed by atoms with Crippen molar-refractivity contribution in [1.29, 1.82) is 0 Å². The number of aryl methyl sites for hydroxylation is 3. The van der Waals surface area contributed by atoms with Crippen molar-refractivity contribution in [2.75, 3.05) is 19.5 Å². The zero-order valence-corrected chi connectivity index (χ0v) is 18.6. The third-order valence-electron chi connectivity index (χ3n) is 5.49. The Labute approximate surface area is 187 Å². The molecular weight excluding hydrogens is 402 g/mol. The molecule has 3 aromatic carbocycles. The monoisotopic (exact) mass is 429 g/mol. The van der Waals surface area contributed by atoms with Gasteiger partial charge in [0, 0.05) is 30.3 Å². The number of carbonyl (C=O) groups excluding carboxylic acids is 1. The zero-order valence-electron chi connectivity index (χ0n) is 18.6. The Morgan fingerprint density at radius 1 is 0.938 bits per heavy atom. The highest BCUT2D eigenvalue weighted by molar-refractivity contribution is 6.04. The summed E-state index contributed by atoms with van der Waals surface area (Å²) in [5, 5.41) is 2.97. The van der Waals surface area contributed by atoms with Crippen molar-refractivity contribution in [2.45, 2.75) is 26.3 Å². The van der Waals surface area contributed by atoms with E-state index in [1.165, 1.54) is 5.52 Å². The molecule has 4 aromatic rings. The number of hydrogen-bond donors (Lipinski definition) is 1. The number of carbonyl (C=O) groups is 1. The minimum Gasteiger partial charge on any atom is -0.497 e. The molecule has 0 saturated heterocycles. The predicted octanol–water partition coefficient (Wildman–Crippen LogP) is 5.11. The maximum atomic E-state index is 12.8. The fourth-order valence-electron chi connectivity index (χ4n) is 3.87. The largest absolute Gasteiger partial charge is 0.497 e. The van der Waals surface area contributed by atoms with E-state index in [1.54, 1.807) is 32.4 Å². The number of methoxy groups -OCH3 is 2. The maximum Gasteiger partial charge on any atom is 0.255 e. The van der Waals surface area contributed by atoms with E-state index in [0.29, 0.717) is 17.1 Å². The van der Waals surface area contributed by atoms with Crippen LogP contribution in [0.5, 0.6) is 11.5 Å². The Bertz CT molecular complexity index is 1220. The molecule has 1 heterocycles. The summed E-state index contributed by atoms with van der Waals surface area (Å²) in [6.07, 6.45) is 1.66. The highest BCUT2D eigenvalue weighted by Crippen LogP contribution is 2.24. The average Bonchev–Trinajstić information content (AvgIpc) is 3.20. The Kier molecular flexibility index (Phi) is 6.40. The summed E-state index contributed by atoms with van der Waals surface area (Å²) in [6.45, 7) is 3.03. The van der Waals surface area contributed by atoms with Crippen molar-refractivity contribution in [3.8, 4) is 11.5 Å². The van der Waals surface area contributed by atoms with E-state index in [1.807, 2.05) is 30.3 Å². The molecule has 6 nitrogen and oxygen atoms in total. The number of ether oxygens (including phenoxy) is 2. The van der Waals surface area contributed by atoms with Crippen LogP contribution in [-0.4, -0.2) is 29.7 Å². The molecule has 4 rings (SSSR count). The number of rotatable bonds is 8. The number of fused-ring (bicyclic) bond motifs is 1. The molecule has 0 radical (unpaired) electrons. The SMILES string of the molecule is CCn1c(CCc2cccc(NC(=O)c3cc(OC)cc(OC)c3)c2)nc2ccccc21. The summed E-state index contributed by atoms with van der Waals surface area (Å²) in [4.78, 5) is 17.6. The molecule has 1 N–H and O–H groups in total. The van der Waals surface area contributed by atoms with Crippen molar-refractivity contribution in [3.05, 3.63) is 83.7 Å². The first-order valence-corrected chi connectivity index (χ1v) is 10.7. The second-order valence-electron chi connectivity index (χ2n) is 7.52. The summed E-state index contributed by atoms with van der Waals surface area (Å²) in [5.74, 6) is 2.00. The molecule has 0 bridgehead atoms. The van der Waals surface area contributed by atoms with Crippen LogP contribution >= 0.6 is 0 Å². The number of nitrogens with one attached hydrogen (secondary N) is 1. The van der Waals surface area contributed by atoms with Crippen molar-refractivity contribution in [2.24, 2.45) is 0 Å². The van der Waals surface area contributed by atoms with Gasteiger partial charge in [-0.3, -0.25) is 4.79 Å². The van der Waals surface area contributed by atoms with Crippen molar-refractivity contribution < 1.29 is 14.3 Å². The molecule has 0 aliphatic carbocycles. The van der Waals surface area contributed by atoms with Gasteiger partial charge in [-0.05, 0) is 55.3 Å². The number of amides is 1. The number of hydrogen-bond acceptors (Lipinski definition) is 4. The smallest absolute Gasteiger partial charge is 0.255 e. The first kappa shape index (κ1) is 21.4. The fraction of sp³-hybridized carbons (Fsp3) is 0.231. The highest BCUT2D eigenvalue weighted by atomic mass is 16.5. The van der Waals surface area contributed by atoms with Gasteiger partial charge >= 0.3 is 0 Å². The number of para-hydroxylation sites is 2. The molecule has 0 aliphatic heterocycles. The van der Waals surface area contributed by atoms with E-state index in [-0.39, 0.29) is 5.91 Å². The van der Waals surface area contributed by atoms with Crippen LogP contribution < -0.4 is 14.8 Å². The molecule has 0 spiro atoms. The van der Waals surface area contributed by atoms with Crippen LogP contribution in [0.25, 0.3) is 11.0 Å². The minimum absolute atomic E-state index is 0.216. The van der Waals surface area contributed by atoms with Gasteiger partial charge < -0.3 is 19.4 Å². The van der Waals surface area contributed by atoms with Crippen LogP contribution in [0.2, 0.25) is 0 Å². The lowest BCUT2D eigenvalue weighted by Gasteiger charge is -2.11. The van der Waals surface area contributed by atoms with Crippen LogP contribution in [0.4, 0.5) is 5.69 Å². The van der Waals surface area contributed by atoms with Crippen molar-refractivity contribution in [1.82, 2.24) is 9.55 Å². The first-order valence-electron chi connectivity index (χ1n) is 10.7. The number of anilines is 1. The Morgan fingerprint density at radius 2 is 1.69 bits per heavy atom. The summed E-state index contributed by atoms with van der Waals surface area (Å²) in [5.41, 5.74) is 4.56. The Balaban J connectivity index is 1.48. The van der Waals surface area contributed by atoms with Gasteiger partial charge in [0.2, 0.25) is 0 Å². The van der Waals surface area contributed by atoms with Crippen LogP contribution in [0.15, 0.2) is 66.7 Å². The molecule has 1 aromatic heterocycles. The van der Waals surface area contributed by atoms with Gasteiger partial charge in [-0.1, -0.05) is 24.3 Å². The zero-order chi connectivity index (χ0) is 22.5. The van der Waals surface area contributed by atoms with E-state index >= 15 is 0 Å². The van der Waals surface area contributed by atoms with Gasteiger partial charge in [-0.15, -0.1) is 0 Å². The third-order valence-corrected chi connectivity index (χ3v) is 5.49. The van der Waals surface area contributed by atoms with Crippen molar-refractivity contribution in [3.63, 3.8) is 0 Å². The molecule has 6 heteroatoms. The van der Waals surface area contributed by atoms with Crippen LogP contribution in [-0.2, 0) is 19.4 Å². The van der Waals surface area contributed by atoms with Crippen LogP contribution in [0, 0.1) is 0 Å².